The van der Waals surface area contributed by atoms with E-state index < -0.39 is 0 Å². The van der Waals surface area contributed by atoms with Crippen molar-refractivity contribution in [2.75, 3.05) is 12.4 Å². The Morgan fingerprint density at radius 2 is 2.32 bits per heavy atom. The van der Waals surface area contributed by atoms with Crippen LogP contribution in [0.4, 0.5) is 5.69 Å². The summed E-state index contributed by atoms with van der Waals surface area (Å²) in [5.74, 6) is 0.104. The van der Waals surface area contributed by atoms with E-state index >= 15 is 0 Å². The van der Waals surface area contributed by atoms with E-state index in [1.54, 1.807) is 13.0 Å². The van der Waals surface area contributed by atoms with Gasteiger partial charge in [-0.25, -0.2) is 4.98 Å². The van der Waals surface area contributed by atoms with E-state index in [0.29, 0.717) is 16.6 Å². The maximum atomic E-state index is 11.9. The Bertz CT molecular complexity index is 598. The van der Waals surface area contributed by atoms with Crippen LogP contribution >= 0.6 is 11.6 Å². The van der Waals surface area contributed by atoms with Crippen LogP contribution in [0.3, 0.4) is 0 Å². The first-order chi connectivity index (χ1) is 9.10. The fraction of sp³-hybridized carbons (Fsp3) is 0.250. The highest BCUT2D eigenvalue weighted by atomic mass is 35.5. The molecule has 0 aliphatic rings. The standard InChI is InChI=1S/C12H12ClN3O3/c1-7-3-8(5-14-11(7)13)15-12(17)10-4-9(6-18-2)19-16-10/h3-5H,6H2,1-2H3,(H,15,17). The Labute approximate surface area is 114 Å². The summed E-state index contributed by atoms with van der Waals surface area (Å²) in [6.07, 6.45) is 1.48. The number of nitrogens with one attached hydrogen (secondary N) is 1. The average Bonchev–Trinajstić information content (AvgIpc) is 2.83. The molecule has 0 aliphatic carbocycles. The molecule has 0 spiro atoms. The van der Waals surface area contributed by atoms with Crippen LogP contribution in [0.5, 0.6) is 0 Å². The first kappa shape index (κ1) is 13.5. The summed E-state index contributed by atoms with van der Waals surface area (Å²) >= 11 is 5.81. The van der Waals surface area contributed by atoms with Crippen molar-refractivity contribution in [2.45, 2.75) is 13.5 Å². The molecule has 0 radical (unpaired) electrons. The lowest BCUT2D eigenvalue weighted by atomic mass is 10.3. The summed E-state index contributed by atoms with van der Waals surface area (Å²) in [5.41, 5.74) is 1.50. The SMILES string of the molecule is COCc1cc(C(=O)Nc2cnc(Cl)c(C)c2)no1. The zero-order chi connectivity index (χ0) is 13.8. The molecule has 0 aromatic carbocycles. The lowest BCUT2D eigenvalue weighted by Crippen LogP contribution is -2.12. The molecule has 7 heteroatoms. The molecule has 0 aliphatic heterocycles. The van der Waals surface area contributed by atoms with Crippen LogP contribution in [0.25, 0.3) is 0 Å². The Morgan fingerprint density at radius 3 is 3.00 bits per heavy atom. The number of methoxy groups -OCH3 is 1. The third kappa shape index (κ3) is 3.30. The monoisotopic (exact) mass is 281 g/mol. The van der Waals surface area contributed by atoms with Crippen molar-refractivity contribution < 1.29 is 14.1 Å². The molecular formula is C12H12ClN3O3. The van der Waals surface area contributed by atoms with Gasteiger partial charge >= 0.3 is 0 Å². The minimum atomic E-state index is -0.380. The number of halogens is 1. The van der Waals surface area contributed by atoms with Crippen molar-refractivity contribution in [1.82, 2.24) is 10.1 Å². The fourth-order valence-corrected chi connectivity index (χ4v) is 1.56. The van der Waals surface area contributed by atoms with E-state index in [4.69, 9.17) is 20.9 Å². The van der Waals surface area contributed by atoms with Gasteiger partial charge in [0, 0.05) is 13.2 Å². The number of carbonyl (C=O) groups excluding carboxylic acids is 1. The van der Waals surface area contributed by atoms with Gasteiger partial charge in [0.15, 0.2) is 11.5 Å². The van der Waals surface area contributed by atoms with Crippen LogP contribution in [0.2, 0.25) is 5.15 Å². The maximum Gasteiger partial charge on any atom is 0.277 e. The number of aryl methyl sites for hydroxylation is 1. The number of aromatic nitrogens is 2. The number of hydrogen-bond donors (Lipinski definition) is 1. The molecule has 0 saturated carbocycles. The summed E-state index contributed by atoms with van der Waals surface area (Å²) < 4.78 is 9.81. The zero-order valence-electron chi connectivity index (χ0n) is 10.4. The van der Waals surface area contributed by atoms with Gasteiger partial charge in [0.05, 0.1) is 11.9 Å². The van der Waals surface area contributed by atoms with E-state index in [2.05, 4.69) is 15.5 Å². The van der Waals surface area contributed by atoms with Crippen molar-refractivity contribution >= 4 is 23.2 Å². The molecular weight excluding hydrogens is 270 g/mol. The number of anilines is 1. The lowest BCUT2D eigenvalue weighted by molar-refractivity contribution is 0.101. The van der Waals surface area contributed by atoms with Gasteiger partial charge < -0.3 is 14.6 Å². The highest BCUT2D eigenvalue weighted by molar-refractivity contribution is 6.30. The van der Waals surface area contributed by atoms with Gasteiger partial charge in [-0.3, -0.25) is 4.79 Å². The highest BCUT2D eigenvalue weighted by Crippen LogP contribution is 2.17. The van der Waals surface area contributed by atoms with Crippen molar-refractivity contribution in [1.29, 1.82) is 0 Å². The molecule has 2 heterocycles. The first-order valence-electron chi connectivity index (χ1n) is 5.48. The van der Waals surface area contributed by atoms with Crippen LogP contribution in [0.1, 0.15) is 21.8 Å². The summed E-state index contributed by atoms with van der Waals surface area (Å²) in [6, 6.07) is 3.25. The van der Waals surface area contributed by atoms with E-state index in [1.807, 2.05) is 0 Å². The van der Waals surface area contributed by atoms with Gasteiger partial charge in [-0.1, -0.05) is 16.8 Å². The molecule has 0 bridgehead atoms. The zero-order valence-corrected chi connectivity index (χ0v) is 11.2. The maximum absolute atomic E-state index is 11.9. The van der Waals surface area contributed by atoms with Crippen LogP contribution < -0.4 is 5.32 Å². The number of nitrogens with zero attached hydrogens (tertiary/aromatic N) is 2. The van der Waals surface area contributed by atoms with Crippen LogP contribution in [-0.2, 0) is 11.3 Å². The Kier molecular flexibility index (Phi) is 4.13. The Balaban J connectivity index is 2.09. The predicted octanol–water partition coefficient (Wildman–Crippen LogP) is 2.43. The van der Waals surface area contributed by atoms with Crippen molar-refractivity contribution in [3.05, 3.63) is 40.5 Å². The molecule has 1 N–H and O–H groups in total. The van der Waals surface area contributed by atoms with Crippen molar-refractivity contribution in [3.8, 4) is 0 Å². The summed E-state index contributed by atoms with van der Waals surface area (Å²) in [4.78, 5) is 15.8. The summed E-state index contributed by atoms with van der Waals surface area (Å²) in [6.45, 7) is 2.07. The van der Waals surface area contributed by atoms with Gasteiger partial charge in [0.25, 0.3) is 5.91 Å². The average molecular weight is 282 g/mol. The third-order valence-electron chi connectivity index (χ3n) is 2.35. The lowest BCUT2D eigenvalue weighted by Gasteiger charge is -2.04. The molecule has 0 atom stereocenters. The molecule has 0 unspecified atom stereocenters. The number of carbonyl (C=O) groups is 1. The first-order valence-corrected chi connectivity index (χ1v) is 5.86. The van der Waals surface area contributed by atoms with Crippen LogP contribution in [-0.4, -0.2) is 23.2 Å². The second kappa shape index (κ2) is 5.81. The minimum Gasteiger partial charge on any atom is -0.377 e. The number of amides is 1. The predicted molar refractivity (Wildman–Crippen MR) is 69.2 cm³/mol. The van der Waals surface area contributed by atoms with Gasteiger partial charge in [0.2, 0.25) is 0 Å². The van der Waals surface area contributed by atoms with Crippen LogP contribution in [0.15, 0.2) is 22.9 Å². The molecule has 2 rings (SSSR count). The normalized spacial score (nSPS) is 10.5. The third-order valence-corrected chi connectivity index (χ3v) is 2.75. The van der Waals surface area contributed by atoms with E-state index in [9.17, 15) is 4.79 Å². The quantitative estimate of drug-likeness (QED) is 0.871. The summed E-state index contributed by atoms with van der Waals surface area (Å²) in [5, 5.41) is 6.72. The molecule has 0 saturated heterocycles. The number of rotatable bonds is 4. The molecule has 6 nitrogen and oxygen atoms in total. The second-order valence-electron chi connectivity index (χ2n) is 3.90. The van der Waals surface area contributed by atoms with E-state index in [1.165, 1.54) is 19.4 Å². The summed E-state index contributed by atoms with van der Waals surface area (Å²) in [7, 11) is 1.53. The Morgan fingerprint density at radius 1 is 1.53 bits per heavy atom. The van der Waals surface area contributed by atoms with Crippen LogP contribution in [0, 0.1) is 6.92 Å². The highest BCUT2D eigenvalue weighted by Gasteiger charge is 2.13. The van der Waals surface area contributed by atoms with Gasteiger partial charge in [-0.15, -0.1) is 0 Å². The minimum absolute atomic E-state index is 0.180. The number of pyridine rings is 1. The van der Waals surface area contributed by atoms with Crippen molar-refractivity contribution in [3.63, 3.8) is 0 Å². The largest absolute Gasteiger partial charge is 0.377 e. The van der Waals surface area contributed by atoms with E-state index in [-0.39, 0.29) is 18.2 Å². The molecule has 19 heavy (non-hydrogen) atoms. The number of ether oxygens (including phenoxy) is 1. The van der Waals surface area contributed by atoms with Gasteiger partial charge in [-0.2, -0.15) is 0 Å². The number of hydrogen-bond acceptors (Lipinski definition) is 5. The fourth-order valence-electron chi connectivity index (χ4n) is 1.45. The topological polar surface area (TPSA) is 77.2 Å². The molecule has 100 valence electrons. The molecule has 2 aromatic rings. The van der Waals surface area contributed by atoms with E-state index in [0.717, 1.165) is 5.56 Å². The van der Waals surface area contributed by atoms with Gasteiger partial charge in [0.1, 0.15) is 11.8 Å². The molecule has 1 amide bonds. The molecule has 2 aromatic heterocycles. The second-order valence-corrected chi connectivity index (χ2v) is 4.26. The van der Waals surface area contributed by atoms with Gasteiger partial charge in [-0.05, 0) is 18.6 Å². The smallest absolute Gasteiger partial charge is 0.277 e. The van der Waals surface area contributed by atoms with Crippen molar-refractivity contribution in [2.24, 2.45) is 0 Å². The molecule has 0 fully saturated rings. The Hall–Kier alpha value is -1.92.